The summed E-state index contributed by atoms with van der Waals surface area (Å²) in [6.07, 6.45) is 2.72. The van der Waals surface area contributed by atoms with Crippen molar-refractivity contribution in [2.45, 2.75) is 38.0 Å². The van der Waals surface area contributed by atoms with E-state index in [0.717, 1.165) is 18.2 Å². The molecule has 1 fully saturated rings. The normalized spacial score (nSPS) is 18.0. The molecule has 0 saturated heterocycles. The summed E-state index contributed by atoms with van der Waals surface area (Å²) < 4.78 is 5.33. The van der Waals surface area contributed by atoms with Crippen LogP contribution >= 0.6 is 11.8 Å². The van der Waals surface area contributed by atoms with Gasteiger partial charge in [0.2, 0.25) is 5.89 Å². The molecular weight excluding hydrogens is 210 g/mol. The van der Waals surface area contributed by atoms with Gasteiger partial charge in [-0.15, -0.1) is 10.2 Å². The molecular formula is C10H17N3OS. The van der Waals surface area contributed by atoms with Crippen LogP contribution in [0.1, 0.15) is 25.7 Å². The molecule has 84 valence electrons. The Kier molecular flexibility index (Phi) is 3.64. The van der Waals surface area contributed by atoms with Crippen LogP contribution in [0, 0.1) is 12.8 Å². The molecule has 1 saturated carbocycles. The van der Waals surface area contributed by atoms with Gasteiger partial charge in [0.05, 0.1) is 0 Å². The van der Waals surface area contributed by atoms with Crippen LogP contribution in [0.2, 0.25) is 0 Å². The van der Waals surface area contributed by atoms with E-state index >= 15 is 0 Å². The number of rotatable bonds is 6. The molecule has 15 heavy (non-hydrogen) atoms. The van der Waals surface area contributed by atoms with E-state index in [-0.39, 0.29) is 0 Å². The van der Waals surface area contributed by atoms with E-state index in [1.165, 1.54) is 12.8 Å². The molecule has 5 heteroatoms. The van der Waals surface area contributed by atoms with Crippen molar-refractivity contribution in [2.24, 2.45) is 5.92 Å². The third kappa shape index (κ3) is 3.21. The highest BCUT2D eigenvalue weighted by atomic mass is 32.2. The molecule has 1 aromatic rings. The van der Waals surface area contributed by atoms with Crippen LogP contribution in [0.15, 0.2) is 9.64 Å². The predicted octanol–water partition coefficient (Wildman–Crippen LogP) is 1.86. The van der Waals surface area contributed by atoms with Gasteiger partial charge in [-0.25, -0.2) is 0 Å². The SMILES string of the molecule is CCNC(CSc1nnc(C)o1)C1CC1. The lowest BCUT2D eigenvalue weighted by atomic mass is 10.2. The highest BCUT2D eigenvalue weighted by Gasteiger charge is 2.30. The summed E-state index contributed by atoms with van der Waals surface area (Å²) in [6, 6.07) is 0.604. The van der Waals surface area contributed by atoms with Crippen molar-refractivity contribution < 1.29 is 4.42 Å². The third-order valence-corrected chi connectivity index (χ3v) is 3.49. The number of nitrogens with zero attached hydrogens (tertiary/aromatic N) is 2. The third-order valence-electron chi connectivity index (χ3n) is 2.55. The van der Waals surface area contributed by atoms with Crippen LogP contribution in [0.3, 0.4) is 0 Å². The monoisotopic (exact) mass is 227 g/mol. The quantitative estimate of drug-likeness (QED) is 0.752. The summed E-state index contributed by atoms with van der Waals surface area (Å²) in [5.41, 5.74) is 0. The van der Waals surface area contributed by atoms with E-state index in [0.29, 0.717) is 17.2 Å². The van der Waals surface area contributed by atoms with Gasteiger partial charge in [-0.2, -0.15) is 0 Å². The molecule has 0 aliphatic heterocycles. The zero-order valence-corrected chi connectivity index (χ0v) is 10.0. The van der Waals surface area contributed by atoms with Crippen LogP contribution < -0.4 is 5.32 Å². The van der Waals surface area contributed by atoms with E-state index < -0.39 is 0 Å². The minimum absolute atomic E-state index is 0.604. The molecule has 1 heterocycles. The van der Waals surface area contributed by atoms with Crippen LogP contribution in [-0.2, 0) is 0 Å². The summed E-state index contributed by atoms with van der Waals surface area (Å²) in [7, 11) is 0. The summed E-state index contributed by atoms with van der Waals surface area (Å²) in [5, 5.41) is 12.0. The Hall–Kier alpha value is -0.550. The second-order valence-electron chi connectivity index (χ2n) is 3.90. The molecule has 1 N–H and O–H groups in total. The topological polar surface area (TPSA) is 51.0 Å². The van der Waals surface area contributed by atoms with Crippen molar-refractivity contribution in [1.82, 2.24) is 15.5 Å². The Balaban J connectivity index is 1.79. The number of hydrogen-bond acceptors (Lipinski definition) is 5. The van der Waals surface area contributed by atoms with E-state index in [9.17, 15) is 0 Å². The fourth-order valence-corrected chi connectivity index (χ4v) is 2.61. The maximum Gasteiger partial charge on any atom is 0.276 e. The largest absolute Gasteiger partial charge is 0.416 e. The number of nitrogens with one attached hydrogen (secondary N) is 1. The summed E-state index contributed by atoms with van der Waals surface area (Å²) in [5.74, 6) is 2.53. The fourth-order valence-electron chi connectivity index (χ4n) is 1.62. The smallest absolute Gasteiger partial charge is 0.276 e. The van der Waals surface area contributed by atoms with Gasteiger partial charge >= 0.3 is 0 Å². The minimum atomic E-state index is 0.604. The Bertz CT molecular complexity index is 311. The average molecular weight is 227 g/mol. The van der Waals surface area contributed by atoms with Crippen LogP contribution in [0.5, 0.6) is 0 Å². The maximum atomic E-state index is 5.33. The van der Waals surface area contributed by atoms with Gasteiger partial charge in [0.15, 0.2) is 0 Å². The lowest BCUT2D eigenvalue weighted by molar-refractivity contribution is 0.427. The number of aryl methyl sites for hydroxylation is 1. The number of thioether (sulfide) groups is 1. The molecule has 1 aliphatic carbocycles. The number of hydrogen-bond donors (Lipinski definition) is 1. The van der Waals surface area contributed by atoms with Crippen molar-refractivity contribution in [1.29, 1.82) is 0 Å². The van der Waals surface area contributed by atoms with Crippen molar-refractivity contribution in [3.05, 3.63) is 5.89 Å². The predicted molar refractivity (Wildman–Crippen MR) is 59.9 cm³/mol. The second kappa shape index (κ2) is 4.99. The van der Waals surface area contributed by atoms with Crippen molar-refractivity contribution in [3.8, 4) is 0 Å². The maximum absolute atomic E-state index is 5.33. The van der Waals surface area contributed by atoms with E-state index in [4.69, 9.17) is 4.42 Å². The Morgan fingerprint density at radius 1 is 1.53 bits per heavy atom. The van der Waals surface area contributed by atoms with Crippen molar-refractivity contribution >= 4 is 11.8 Å². The van der Waals surface area contributed by atoms with Crippen molar-refractivity contribution in [3.63, 3.8) is 0 Å². The minimum Gasteiger partial charge on any atom is -0.416 e. The average Bonchev–Trinajstić information content (AvgIpc) is 2.97. The second-order valence-corrected chi connectivity index (χ2v) is 4.87. The van der Waals surface area contributed by atoms with Gasteiger partial charge in [0.1, 0.15) is 0 Å². The van der Waals surface area contributed by atoms with E-state index in [2.05, 4.69) is 22.4 Å². The molecule has 4 nitrogen and oxygen atoms in total. The number of aromatic nitrogens is 2. The molecule has 1 atom stereocenters. The zero-order chi connectivity index (χ0) is 10.7. The fraction of sp³-hybridized carbons (Fsp3) is 0.800. The molecule has 0 spiro atoms. The molecule has 0 bridgehead atoms. The molecule has 0 radical (unpaired) electrons. The molecule has 1 unspecified atom stereocenters. The van der Waals surface area contributed by atoms with Crippen LogP contribution in [0.25, 0.3) is 0 Å². The first-order valence-electron chi connectivity index (χ1n) is 5.46. The zero-order valence-electron chi connectivity index (χ0n) is 9.19. The van der Waals surface area contributed by atoms with Gasteiger partial charge in [0, 0.05) is 18.7 Å². The molecule has 0 amide bonds. The Labute approximate surface area is 94.2 Å². The summed E-state index contributed by atoms with van der Waals surface area (Å²) >= 11 is 1.65. The first kappa shape index (κ1) is 11.0. The Morgan fingerprint density at radius 2 is 2.33 bits per heavy atom. The van der Waals surface area contributed by atoms with Gasteiger partial charge in [-0.3, -0.25) is 0 Å². The van der Waals surface area contributed by atoms with Crippen molar-refractivity contribution in [2.75, 3.05) is 12.3 Å². The highest BCUT2D eigenvalue weighted by molar-refractivity contribution is 7.99. The molecule has 1 aromatic heterocycles. The standard InChI is InChI=1S/C10H17N3OS/c1-3-11-9(8-4-5-8)6-15-10-13-12-7(2)14-10/h8-9,11H,3-6H2,1-2H3. The first-order chi connectivity index (χ1) is 7.29. The molecule has 2 rings (SSSR count). The van der Waals surface area contributed by atoms with Gasteiger partial charge < -0.3 is 9.73 Å². The summed E-state index contributed by atoms with van der Waals surface area (Å²) in [6.45, 7) is 5.00. The lowest BCUT2D eigenvalue weighted by Crippen LogP contribution is -2.33. The lowest BCUT2D eigenvalue weighted by Gasteiger charge is -2.15. The van der Waals surface area contributed by atoms with Crippen LogP contribution in [-0.4, -0.2) is 28.5 Å². The highest BCUT2D eigenvalue weighted by Crippen LogP contribution is 2.34. The molecule has 0 aromatic carbocycles. The summed E-state index contributed by atoms with van der Waals surface area (Å²) in [4.78, 5) is 0. The van der Waals surface area contributed by atoms with Gasteiger partial charge in [0.25, 0.3) is 5.22 Å². The van der Waals surface area contributed by atoms with Crippen LogP contribution in [0.4, 0.5) is 0 Å². The van der Waals surface area contributed by atoms with E-state index in [1.807, 2.05) is 6.92 Å². The van der Waals surface area contributed by atoms with E-state index in [1.54, 1.807) is 11.8 Å². The first-order valence-corrected chi connectivity index (χ1v) is 6.44. The van der Waals surface area contributed by atoms with Gasteiger partial charge in [-0.05, 0) is 25.3 Å². The Morgan fingerprint density at radius 3 is 2.87 bits per heavy atom. The molecule has 1 aliphatic rings. The van der Waals surface area contributed by atoms with Gasteiger partial charge in [-0.1, -0.05) is 18.7 Å².